The van der Waals surface area contributed by atoms with Crippen LogP contribution >= 0.6 is 21.6 Å². The van der Waals surface area contributed by atoms with Gasteiger partial charge in [-0.05, 0) is 47.3 Å². The van der Waals surface area contributed by atoms with E-state index in [-0.39, 0.29) is 82.1 Å². The molecule has 1 N–H and O–H groups in total. The molecule has 8 nitrogen and oxygen atoms in total. The molecule has 0 amide bonds. The van der Waals surface area contributed by atoms with Gasteiger partial charge < -0.3 is 9.11 Å². The fourth-order valence-corrected chi connectivity index (χ4v) is 9.42. The van der Waals surface area contributed by atoms with Crippen LogP contribution in [0.2, 0.25) is 0 Å². The Bertz CT molecular complexity index is 555. The van der Waals surface area contributed by atoms with Gasteiger partial charge in [0.2, 0.25) is 17.7 Å². The molecule has 0 heterocycles. The molecule has 0 aliphatic heterocycles. The second-order valence-electron chi connectivity index (χ2n) is 4.62. The molecule has 0 rings (SSSR count). The van der Waals surface area contributed by atoms with Crippen LogP contribution in [-0.4, -0.2) is 68.9 Å². The zero-order valence-corrected chi connectivity index (χ0v) is 23.7. The zero-order chi connectivity index (χ0) is 18.6. The predicted octanol–water partition coefficient (Wildman–Crippen LogP) is -5.22. The summed E-state index contributed by atoms with van der Waals surface area (Å²) in [6.07, 6.45) is 1.67. The number of hydrogen-bond acceptors (Lipinski definition) is 9. The Morgan fingerprint density at radius 3 is 1.50 bits per heavy atom. The van der Waals surface area contributed by atoms with Crippen molar-refractivity contribution in [3.8, 4) is 0 Å². The largest absolute Gasteiger partial charge is 1.00 e. The summed E-state index contributed by atoms with van der Waals surface area (Å²) in [6.45, 7) is 0. The molecular weight excluding hydrogens is 486 g/mol. The maximum Gasteiger partial charge on any atom is 1.00 e. The molecule has 2 unspecified atom stereocenters. The van der Waals surface area contributed by atoms with Crippen molar-refractivity contribution < 1.29 is 93.5 Å². The molecular formula is C10H21Na2O8S6+. The first-order valence-electron chi connectivity index (χ1n) is 6.91. The molecule has 0 aromatic rings. The van der Waals surface area contributed by atoms with Gasteiger partial charge in [0.05, 0.1) is 11.5 Å². The molecule has 0 fully saturated rings. The summed E-state index contributed by atoms with van der Waals surface area (Å²) in [5.41, 5.74) is 0. The van der Waals surface area contributed by atoms with Crippen LogP contribution in [0.5, 0.6) is 0 Å². The van der Waals surface area contributed by atoms with Gasteiger partial charge in [0.15, 0.2) is 11.1 Å². The second kappa shape index (κ2) is 18.6. The summed E-state index contributed by atoms with van der Waals surface area (Å²) < 4.78 is 86.5. The van der Waals surface area contributed by atoms with Crippen molar-refractivity contribution in [1.29, 1.82) is 0 Å². The monoisotopic (exact) mass is 507 g/mol. The first-order valence-corrected chi connectivity index (χ1v) is 15.7. The van der Waals surface area contributed by atoms with E-state index in [1.165, 1.54) is 0 Å². The standard InChI is InChI=1S/C10H22O8S6.2Na/c11-21(12)7-3-1-5-19-23(15,16)9-10-24(17,18)20-6-2-4-8-22(13)14;;/h1-10H2,(H,11,12)(H,13,14);;/q;2*+1/p-1. The fourth-order valence-electron chi connectivity index (χ4n) is 1.34. The van der Waals surface area contributed by atoms with Gasteiger partial charge in [0.25, 0.3) is 0 Å². The summed E-state index contributed by atoms with van der Waals surface area (Å²) in [7, 11) is -5.82. The molecule has 0 aliphatic rings. The van der Waals surface area contributed by atoms with Gasteiger partial charge in [-0.2, -0.15) is 0 Å². The summed E-state index contributed by atoms with van der Waals surface area (Å²) in [6, 6.07) is 0. The molecule has 0 bridgehead atoms. The fraction of sp³-hybridized carbons (Fsp3) is 1.00. The van der Waals surface area contributed by atoms with E-state index in [0.29, 0.717) is 47.3 Å². The van der Waals surface area contributed by atoms with Crippen LogP contribution in [0.3, 0.4) is 0 Å². The van der Waals surface area contributed by atoms with E-state index in [1.807, 2.05) is 0 Å². The van der Waals surface area contributed by atoms with Gasteiger partial charge in [0.1, 0.15) is 0 Å². The Kier molecular flexibility index (Phi) is 23.9. The Morgan fingerprint density at radius 2 is 1.15 bits per heavy atom. The molecule has 0 saturated carbocycles. The number of hydrogen-bond donors (Lipinski definition) is 1. The van der Waals surface area contributed by atoms with Gasteiger partial charge in [-0.15, -0.1) is 0 Å². The minimum Gasteiger partial charge on any atom is -0.772 e. The molecule has 0 spiro atoms. The van der Waals surface area contributed by atoms with Crippen LogP contribution in [0, 0.1) is 0 Å². The van der Waals surface area contributed by atoms with Gasteiger partial charge in [-0.25, -0.2) is 21.0 Å². The first-order chi connectivity index (χ1) is 11.0. The molecule has 0 saturated heterocycles. The van der Waals surface area contributed by atoms with E-state index in [4.69, 9.17) is 4.55 Å². The summed E-state index contributed by atoms with van der Waals surface area (Å²) in [4.78, 5) is 0. The summed E-state index contributed by atoms with van der Waals surface area (Å²) >= 11 is -4.02. The molecule has 0 aromatic carbocycles. The first kappa shape index (κ1) is 33.5. The van der Waals surface area contributed by atoms with Gasteiger partial charge in [-0.1, -0.05) is 11.1 Å². The predicted molar refractivity (Wildman–Crippen MR) is 100 cm³/mol. The average Bonchev–Trinajstić information content (AvgIpc) is 2.44. The third-order valence-electron chi connectivity index (χ3n) is 2.53. The molecule has 0 aliphatic carbocycles. The molecule has 16 heteroatoms. The normalized spacial score (nSPS) is 14.1. The van der Waals surface area contributed by atoms with Crippen LogP contribution in [0.4, 0.5) is 0 Å². The number of unbranched alkanes of at least 4 members (excludes halogenated alkanes) is 2. The molecule has 2 atom stereocenters. The maximum atomic E-state index is 11.7. The van der Waals surface area contributed by atoms with E-state index < -0.39 is 51.4 Å². The quantitative estimate of drug-likeness (QED) is 0.0987. The number of rotatable bonds is 15. The van der Waals surface area contributed by atoms with Gasteiger partial charge in [0, 0.05) is 23.0 Å². The summed E-state index contributed by atoms with van der Waals surface area (Å²) in [5.74, 6) is -0.421. The van der Waals surface area contributed by atoms with E-state index in [0.717, 1.165) is 0 Å². The van der Waals surface area contributed by atoms with Crippen molar-refractivity contribution in [1.82, 2.24) is 0 Å². The van der Waals surface area contributed by atoms with E-state index in [1.54, 1.807) is 0 Å². The van der Waals surface area contributed by atoms with Crippen molar-refractivity contribution in [2.24, 2.45) is 0 Å². The Morgan fingerprint density at radius 1 is 0.769 bits per heavy atom. The van der Waals surface area contributed by atoms with Crippen molar-refractivity contribution in [3.05, 3.63) is 0 Å². The van der Waals surface area contributed by atoms with Gasteiger partial charge >= 0.3 is 59.1 Å². The molecule has 26 heavy (non-hydrogen) atoms. The van der Waals surface area contributed by atoms with E-state index in [9.17, 15) is 29.8 Å². The molecule has 0 aromatic heterocycles. The topological polar surface area (TPSA) is 146 Å². The minimum absolute atomic E-state index is 0. The SMILES string of the molecule is O=S([O-])CCCCSS(=O)(=O)CCS(=O)(=O)SCCCCS(=O)O.[Na+].[Na+]. The third kappa shape index (κ3) is 23.1. The van der Waals surface area contributed by atoms with Gasteiger partial charge in [-0.3, -0.25) is 4.21 Å². The smallest absolute Gasteiger partial charge is 0.772 e. The van der Waals surface area contributed by atoms with Crippen LogP contribution in [0.25, 0.3) is 0 Å². The van der Waals surface area contributed by atoms with Crippen LogP contribution in [0.1, 0.15) is 25.7 Å². The van der Waals surface area contributed by atoms with Crippen LogP contribution in [-0.2, 0) is 39.9 Å². The minimum atomic E-state index is -3.57. The third-order valence-corrected chi connectivity index (χ3v) is 11.2. The summed E-state index contributed by atoms with van der Waals surface area (Å²) in [5, 5.41) is 0. The van der Waals surface area contributed by atoms with E-state index >= 15 is 0 Å². The Balaban J connectivity index is -0.00000264. The van der Waals surface area contributed by atoms with Crippen molar-refractivity contribution in [2.75, 3.05) is 34.5 Å². The Labute approximate surface area is 212 Å². The van der Waals surface area contributed by atoms with Crippen LogP contribution < -0.4 is 59.1 Å². The molecule has 0 radical (unpaired) electrons. The molecule has 146 valence electrons. The van der Waals surface area contributed by atoms with Crippen LogP contribution in [0.15, 0.2) is 0 Å². The van der Waals surface area contributed by atoms with Crippen molar-refractivity contribution in [3.63, 3.8) is 0 Å². The second-order valence-corrected chi connectivity index (χ2v) is 15.5. The van der Waals surface area contributed by atoms with Crippen molar-refractivity contribution in [2.45, 2.75) is 25.7 Å². The van der Waals surface area contributed by atoms with Crippen molar-refractivity contribution >= 4 is 61.5 Å². The van der Waals surface area contributed by atoms with E-state index in [2.05, 4.69) is 0 Å². The Hall–Kier alpha value is 2.82. The maximum absolute atomic E-state index is 11.7. The average molecular weight is 508 g/mol. The zero-order valence-electron chi connectivity index (χ0n) is 14.8.